The van der Waals surface area contributed by atoms with Crippen LogP contribution in [0.2, 0.25) is 5.02 Å². The number of hydrogen-bond donors (Lipinski definition) is 0. The van der Waals surface area contributed by atoms with E-state index in [1.165, 1.54) is 18.5 Å². The quantitative estimate of drug-likeness (QED) is 0.397. The minimum Gasteiger partial charge on any atom is -0.435 e. The Morgan fingerprint density at radius 3 is 2.41 bits per heavy atom. The summed E-state index contributed by atoms with van der Waals surface area (Å²) in [7, 11) is 0. The van der Waals surface area contributed by atoms with Gasteiger partial charge in [-0.3, -0.25) is 0 Å². The molecule has 0 aliphatic heterocycles. The molecule has 0 saturated carbocycles. The Kier molecular flexibility index (Phi) is 7.00. The van der Waals surface area contributed by atoms with Crippen molar-refractivity contribution in [1.82, 2.24) is 19.5 Å². The summed E-state index contributed by atoms with van der Waals surface area (Å²) in [6, 6.07) is 4.77. The SMILES string of the molecule is CCCC(CCC)n1c(CC)nc2c(-c3ccc(OC(F)F)cc3Cl)ncnc21. The summed E-state index contributed by atoms with van der Waals surface area (Å²) in [5, 5.41) is 0.273. The first-order chi connectivity index (χ1) is 14.0. The van der Waals surface area contributed by atoms with Gasteiger partial charge in [0.15, 0.2) is 5.65 Å². The van der Waals surface area contributed by atoms with Crippen LogP contribution in [0.4, 0.5) is 8.78 Å². The highest BCUT2D eigenvalue weighted by molar-refractivity contribution is 6.33. The van der Waals surface area contributed by atoms with Crippen molar-refractivity contribution in [1.29, 1.82) is 0 Å². The molecule has 0 radical (unpaired) electrons. The van der Waals surface area contributed by atoms with Crippen molar-refractivity contribution in [3.05, 3.63) is 35.4 Å². The summed E-state index contributed by atoms with van der Waals surface area (Å²) >= 11 is 6.37. The Bertz CT molecular complexity index is 971. The van der Waals surface area contributed by atoms with Crippen LogP contribution >= 0.6 is 11.6 Å². The lowest BCUT2D eigenvalue weighted by molar-refractivity contribution is -0.0498. The molecule has 156 valence electrons. The first-order valence-corrected chi connectivity index (χ1v) is 10.3. The molecule has 0 aliphatic carbocycles. The second kappa shape index (κ2) is 9.48. The molecule has 3 rings (SSSR count). The third kappa shape index (κ3) is 4.50. The monoisotopic (exact) mass is 422 g/mol. The predicted octanol–water partition coefficient (Wildman–Crippen LogP) is 6.45. The molecule has 0 unspecified atom stereocenters. The van der Waals surface area contributed by atoms with Crippen molar-refractivity contribution in [2.24, 2.45) is 0 Å². The molecule has 2 heterocycles. The average molecular weight is 423 g/mol. The highest BCUT2D eigenvalue weighted by Crippen LogP contribution is 2.35. The second-order valence-electron chi connectivity index (χ2n) is 6.90. The number of benzene rings is 1. The van der Waals surface area contributed by atoms with Crippen LogP contribution in [0.25, 0.3) is 22.4 Å². The van der Waals surface area contributed by atoms with Crippen molar-refractivity contribution < 1.29 is 13.5 Å². The van der Waals surface area contributed by atoms with E-state index in [9.17, 15) is 8.78 Å². The van der Waals surface area contributed by atoms with Gasteiger partial charge in [0.05, 0.1) is 5.02 Å². The van der Waals surface area contributed by atoms with Gasteiger partial charge >= 0.3 is 6.61 Å². The molecule has 0 saturated heterocycles. The predicted molar refractivity (Wildman–Crippen MR) is 111 cm³/mol. The smallest absolute Gasteiger partial charge is 0.387 e. The largest absolute Gasteiger partial charge is 0.435 e. The number of alkyl halides is 2. The second-order valence-corrected chi connectivity index (χ2v) is 7.30. The highest BCUT2D eigenvalue weighted by Gasteiger charge is 2.22. The minimum absolute atomic E-state index is 0.00443. The first kappa shape index (κ1) is 21.4. The van der Waals surface area contributed by atoms with Crippen LogP contribution in [0.1, 0.15) is 58.3 Å². The summed E-state index contributed by atoms with van der Waals surface area (Å²) in [6.07, 6.45) is 6.52. The fraction of sp³-hybridized carbons (Fsp3) is 0.476. The number of hydrogen-bond acceptors (Lipinski definition) is 4. The topological polar surface area (TPSA) is 52.8 Å². The van der Waals surface area contributed by atoms with Gasteiger partial charge in [0.1, 0.15) is 29.1 Å². The van der Waals surface area contributed by atoms with Crippen molar-refractivity contribution in [3.63, 3.8) is 0 Å². The molecule has 0 atom stereocenters. The van der Waals surface area contributed by atoms with Gasteiger partial charge in [-0.2, -0.15) is 8.78 Å². The number of nitrogens with zero attached hydrogens (tertiary/aromatic N) is 4. The van der Waals surface area contributed by atoms with E-state index in [1.807, 2.05) is 0 Å². The lowest BCUT2D eigenvalue weighted by atomic mass is 10.1. The third-order valence-corrected chi connectivity index (χ3v) is 5.21. The molecule has 5 nitrogen and oxygen atoms in total. The van der Waals surface area contributed by atoms with Gasteiger partial charge in [0.25, 0.3) is 0 Å². The molecule has 0 N–H and O–H groups in total. The van der Waals surface area contributed by atoms with Gasteiger partial charge in [0, 0.05) is 18.0 Å². The Labute approximate surface area is 174 Å². The summed E-state index contributed by atoms with van der Waals surface area (Å²) in [4.78, 5) is 13.8. The van der Waals surface area contributed by atoms with E-state index in [-0.39, 0.29) is 10.8 Å². The van der Waals surface area contributed by atoms with Crippen LogP contribution in [-0.2, 0) is 6.42 Å². The zero-order valence-corrected chi connectivity index (χ0v) is 17.6. The zero-order valence-electron chi connectivity index (χ0n) is 16.8. The molecule has 0 aliphatic rings. The summed E-state index contributed by atoms with van der Waals surface area (Å²) < 4.78 is 31.6. The zero-order chi connectivity index (χ0) is 21.0. The van der Waals surface area contributed by atoms with E-state index in [1.54, 1.807) is 6.07 Å². The van der Waals surface area contributed by atoms with Crippen molar-refractivity contribution in [2.75, 3.05) is 0 Å². The van der Waals surface area contributed by atoms with Gasteiger partial charge < -0.3 is 9.30 Å². The van der Waals surface area contributed by atoms with Gasteiger partial charge in [0.2, 0.25) is 0 Å². The molecular weight excluding hydrogens is 398 g/mol. The molecule has 29 heavy (non-hydrogen) atoms. The Morgan fingerprint density at radius 2 is 1.83 bits per heavy atom. The number of fused-ring (bicyclic) bond motifs is 1. The molecule has 0 bridgehead atoms. The maximum Gasteiger partial charge on any atom is 0.387 e. The number of halogens is 3. The summed E-state index contributed by atoms with van der Waals surface area (Å²) in [5.74, 6) is 0.965. The highest BCUT2D eigenvalue weighted by atomic mass is 35.5. The van der Waals surface area contributed by atoms with Crippen LogP contribution in [0.3, 0.4) is 0 Å². The van der Waals surface area contributed by atoms with Gasteiger partial charge in [-0.25, -0.2) is 15.0 Å². The summed E-state index contributed by atoms with van der Waals surface area (Å²) in [6.45, 7) is 3.52. The summed E-state index contributed by atoms with van der Waals surface area (Å²) in [5.41, 5.74) is 2.65. The van der Waals surface area contributed by atoms with E-state index >= 15 is 0 Å². The van der Waals surface area contributed by atoms with E-state index < -0.39 is 6.61 Å². The van der Waals surface area contributed by atoms with Crippen LogP contribution < -0.4 is 4.74 Å². The van der Waals surface area contributed by atoms with Crippen molar-refractivity contribution in [3.8, 4) is 17.0 Å². The van der Waals surface area contributed by atoms with Gasteiger partial charge in [-0.1, -0.05) is 45.2 Å². The Balaban J connectivity index is 2.14. The average Bonchev–Trinajstić information content (AvgIpc) is 3.06. The van der Waals surface area contributed by atoms with Gasteiger partial charge in [-0.15, -0.1) is 0 Å². The van der Waals surface area contributed by atoms with Crippen molar-refractivity contribution in [2.45, 2.75) is 65.5 Å². The number of rotatable bonds is 9. The maximum absolute atomic E-state index is 12.5. The van der Waals surface area contributed by atoms with Gasteiger partial charge in [-0.05, 0) is 31.0 Å². The van der Waals surface area contributed by atoms with Crippen molar-refractivity contribution >= 4 is 22.8 Å². The van der Waals surface area contributed by atoms with E-state index in [0.717, 1.165) is 43.6 Å². The van der Waals surface area contributed by atoms with Crippen LogP contribution in [0.5, 0.6) is 5.75 Å². The molecule has 2 aromatic heterocycles. The number of ether oxygens (including phenoxy) is 1. The van der Waals surface area contributed by atoms with Crippen LogP contribution in [0, 0.1) is 0 Å². The lowest BCUT2D eigenvalue weighted by Crippen LogP contribution is -2.12. The fourth-order valence-corrected chi connectivity index (χ4v) is 3.98. The number of aryl methyl sites for hydroxylation is 1. The Morgan fingerprint density at radius 1 is 1.10 bits per heavy atom. The fourth-order valence-electron chi connectivity index (χ4n) is 3.72. The van der Waals surface area contributed by atoms with E-state index in [4.69, 9.17) is 16.6 Å². The lowest BCUT2D eigenvalue weighted by Gasteiger charge is -2.20. The molecular formula is C21H25ClF2N4O. The molecule has 0 fully saturated rings. The Hall–Kier alpha value is -2.28. The minimum atomic E-state index is -2.90. The standard InChI is InChI=1S/C21H25ClF2N4O/c1-4-7-13(8-5-2)28-17(6-3)27-19-18(25-12-26-20(19)28)15-10-9-14(11-16(15)22)29-21(23)24/h9-13,21H,4-8H2,1-3H3. The molecule has 0 amide bonds. The van der Waals surface area contributed by atoms with E-state index in [2.05, 4.69) is 40.0 Å². The van der Waals surface area contributed by atoms with Crippen LogP contribution in [-0.4, -0.2) is 26.1 Å². The normalized spacial score (nSPS) is 11.7. The molecule has 1 aromatic carbocycles. The molecule has 8 heteroatoms. The number of imidazole rings is 1. The maximum atomic E-state index is 12.5. The number of aromatic nitrogens is 4. The molecule has 0 spiro atoms. The van der Waals surface area contributed by atoms with E-state index in [0.29, 0.717) is 22.8 Å². The molecule has 3 aromatic rings. The third-order valence-electron chi connectivity index (χ3n) is 4.90. The first-order valence-electron chi connectivity index (χ1n) is 9.96. The van der Waals surface area contributed by atoms with Crippen LogP contribution in [0.15, 0.2) is 24.5 Å².